The van der Waals surface area contributed by atoms with E-state index in [-0.39, 0.29) is 31.1 Å². The summed E-state index contributed by atoms with van der Waals surface area (Å²) < 4.78 is 33.6. The number of halogens is 2. The molecule has 0 aromatic heterocycles. The van der Waals surface area contributed by atoms with Gasteiger partial charge in [-0.2, -0.15) is 0 Å². The largest absolute Gasteiger partial charge is 0.465 e. The molecule has 1 saturated heterocycles. The second-order valence-electron chi connectivity index (χ2n) is 9.99. The summed E-state index contributed by atoms with van der Waals surface area (Å²) in [7, 11) is 1.89. The molecule has 3 rings (SSSR count). The number of carbonyl (C=O) groups excluding carboxylic acids is 1. The number of urea groups is 1. The normalized spacial score (nSPS) is 20.5. The van der Waals surface area contributed by atoms with Crippen LogP contribution in [0.3, 0.4) is 0 Å². The summed E-state index contributed by atoms with van der Waals surface area (Å²) in [5.41, 5.74) is 0.474. The number of hydrogen-bond acceptors (Lipinski definition) is 4. The quantitative estimate of drug-likeness (QED) is 0.333. The Balaban J connectivity index is 1.65. The molecule has 3 unspecified atom stereocenters. The number of carboxylic acid groups (broad SMARTS) is 1. The highest BCUT2D eigenvalue weighted by Crippen LogP contribution is 2.34. The zero-order chi connectivity index (χ0) is 25.9. The number of carbonyl (C=O) groups is 2. The average Bonchev–Trinajstić information content (AvgIpc) is 2.86. The van der Waals surface area contributed by atoms with Gasteiger partial charge >= 0.3 is 12.1 Å². The highest BCUT2D eigenvalue weighted by molar-refractivity contribution is 5.74. The van der Waals surface area contributed by atoms with Crippen molar-refractivity contribution < 1.29 is 28.2 Å². The fraction of sp³-hybridized carbons (Fsp3) is 0.692. The van der Waals surface area contributed by atoms with Crippen molar-refractivity contribution in [3.05, 3.63) is 35.4 Å². The fourth-order valence-electron chi connectivity index (χ4n) is 5.51. The Kier molecular flexibility index (Phi) is 11.2. The van der Waals surface area contributed by atoms with Crippen molar-refractivity contribution >= 4 is 12.1 Å². The van der Waals surface area contributed by atoms with Crippen LogP contribution in [0.1, 0.15) is 63.0 Å². The zero-order valence-corrected chi connectivity index (χ0v) is 21.1. The molecule has 4 N–H and O–H groups in total. The van der Waals surface area contributed by atoms with Crippen molar-refractivity contribution in [3.8, 4) is 0 Å². The molecule has 3 atom stereocenters. The van der Waals surface area contributed by atoms with Crippen molar-refractivity contribution in [1.82, 2.24) is 20.9 Å². The molecule has 2 fully saturated rings. The van der Waals surface area contributed by atoms with Crippen LogP contribution >= 0.6 is 0 Å². The molecule has 1 saturated carbocycles. The molecule has 1 aromatic rings. The fourth-order valence-corrected chi connectivity index (χ4v) is 5.51. The SMILES string of the molecule is CNCC(CC1CCCCC1)NC(=O)N1CCCC(C(OCCNC(=O)O)c2ccc(F)c(F)c2)C1. The third-order valence-electron chi connectivity index (χ3n) is 7.24. The van der Waals surface area contributed by atoms with E-state index in [4.69, 9.17) is 9.84 Å². The Morgan fingerprint density at radius 3 is 2.61 bits per heavy atom. The first-order chi connectivity index (χ1) is 17.4. The summed E-state index contributed by atoms with van der Waals surface area (Å²) in [6.07, 6.45) is 6.95. The number of benzene rings is 1. The van der Waals surface area contributed by atoms with Gasteiger partial charge in [0.1, 0.15) is 0 Å². The molecule has 2 aliphatic rings. The Labute approximate surface area is 212 Å². The minimum absolute atomic E-state index is 0.0475. The first-order valence-electron chi connectivity index (χ1n) is 13.1. The monoisotopic (exact) mass is 510 g/mol. The van der Waals surface area contributed by atoms with E-state index in [9.17, 15) is 18.4 Å². The Bertz CT molecular complexity index is 853. The number of rotatable bonds is 11. The lowest BCUT2D eigenvalue weighted by Crippen LogP contribution is -2.52. The van der Waals surface area contributed by atoms with Crippen molar-refractivity contribution in [2.45, 2.75) is 63.5 Å². The number of amides is 3. The third kappa shape index (κ3) is 8.58. The van der Waals surface area contributed by atoms with Crippen LogP contribution in [0.5, 0.6) is 0 Å². The maximum absolute atomic E-state index is 14.0. The van der Waals surface area contributed by atoms with Gasteiger partial charge < -0.3 is 30.7 Å². The molecule has 1 aromatic carbocycles. The van der Waals surface area contributed by atoms with Crippen LogP contribution in [0, 0.1) is 23.5 Å². The second-order valence-corrected chi connectivity index (χ2v) is 9.99. The van der Waals surface area contributed by atoms with Crippen LogP contribution in [-0.2, 0) is 4.74 Å². The summed E-state index contributed by atoms with van der Waals surface area (Å²) in [6.45, 7) is 1.88. The van der Waals surface area contributed by atoms with Crippen LogP contribution in [-0.4, -0.2) is 68.0 Å². The van der Waals surface area contributed by atoms with Crippen LogP contribution in [0.4, 0.5) is 18.4 Å². The molecular weight excluding hydrogens is 470 g/mol. The van der Waals surface area contributed by atoms with Gasteiger partial charge in [0.15, 0.2) is 11.6 Å². The van der Waals surface area contributed by atoms with Crippen LogP contribution in [0.25, 0.3) is 0 Å². The number of nitrogens with zero attached hydrogens (tertiary/aromatic N) is 1. The minimum Gasteiger partial charge on any atom is -0.465 e. The molecule has 0 bridgehead atoms. The lowest BCUT2D eigenvalue weighted by Gasteiger charge is -2.38. The van der Waals surface area contributed by atoms with Gasteiger partial charge in [-0.05, 0) is 49.9 Å². The average molecular weight is 511 g/mol. The van der Waals surface area contributed by atoms with Crippen molar-refractivity contribution in [1.29, 1.82) is 0 Å². The molecule has 202 valence electrons. The van der Waals surface area contributed by atoms with Crippen LogP contribution < -0.4 is 16.0 Å². The molecule has 3 amide bonds. The summed E-state index contributed by atoms with van der Waals surface area (Å²) in [5, 5.41) is 17.5. The van der Waals surface area contributed by atoms with Crippen molar-refractivity contribution in [3.63, 3.8) is 0 Å². The summed E-state index contributed by atoms with van der Waals surface area (Å²) in [4.78, 5) is 25.8. The number of nitrogens with one attached hydrogen (secondary N) is 3. The Morgan fingerprint density at radius 1 is 1.14 bits per heavy atom. The summed E-state index contributed by atoms with van der Waals surface area (Å²) >= 11 is 0. The van der Waals surface area contributed by atoms with Gasteiger partial charge in [-0.25, -0.2) is 18.4 Å². The van der Waals surface area contributed by atoms with Crippen molar-refractivity contribution in [2.75, 3.05) is 39.8 Å². The zero-order valence-electron chi connectivity index (χ0n) is 21.1. The van der Waals surface area contributed by atoms with Crippen LogP contribution in [0.2, 0.25) is 0 Å². The first-order valence-corrected chi connectivity index (χ1v) is 13.1. The molecule has 1 aliphatic carbocycles. The van der Waals surface area contributed by atoms with Gasteiger partial charge in [-0.3, -0.25) is 0 Å². The third-order valence-corrected chi connectivity index (χ3v) is 7.24. The highest BCUT2D eigenvalue weighted by atomic mass is 19.2. The number of likely N-dealkylation sites (tertiary alicyclic amines) is 1. The van der Waals surface area contributed by atoms with E-state index in [1.54, 1.807) is 4.90 Å². The number of likely N-dealkylation sites (N-methyl/N-ethyl adjacent to an activating group) is 1. The van der Waals surface area contributed by atoms with Gasteiger partial charge in [-0.15, -0.1) is 0 Å². The smallest absolute Gasteiger partial charge is 0.404 e. The minimum atomic E-state index is -1.16. The van der Waals surface area contributed by atoms with Crippen LogP contribution in [0.15, 0.2) is 18.2 Å². The molecule has 1 aliphatic heterocycles. The number of hydrogen-bond donors (Lipinski definition) is 4. The summed E-state index contributed by atoms with van der Waals surface area (Å²) in [5.74, 6) is -1.41. The van der Waals surface area contributed by atoms with E-state index >= 15 is 0 Å². The van der Waals surface area contributed by atoms with Gasteiger partial charge in [0.05, 0.1) is 12.7 Å². The Morgan fingerprint density at radius 2 is 1.92 bits per heavy atom. The van der Waals surface area contributed by atoms with Crippen molar-refractivity contribution in [2.24, 2.45) is 11.8 Å². The molecule has 8 nitrogen and oxygen atoms in total. The van der Waals surface area contributed by atoms with Gasteiger partial charge in [0.25, 0.3) is 0 Å². The van der Waals surface area contributed by atoms with Gasteiger partial charge in [-0.1, -0.05) is 38.2 Å². The predicted octanol–water partition coefficient (Wildman–Crippen LogP) is 4.27. The second kappa shape index (κ2) is 14.3. The maximum Gasteiger partial charge on any atom is 0.404 e. The van der Waals surface area contributed by atoms with E-state index in [0.717, 1.165) is 31.4 Å². The maximum atomic E-state index is 14.0. The lowest BCUT2D eigenvalue weighted by molar-refractivity contribution is -0.00872. The lowest BCUT2D eigenvalue weighted by atomic mass is 9.85. The molecule has 36 heavy (non-hydrogen) atoms. The topological polar surface area (TPSA) is 103 Å². The van der Waals surface area contributed by atoms with E-state index in [0.29, 0.717) is 31.1 Å². The molecular formula is C26H40F2N4O4. The standard InChI is InChI=1S/C26H40F2N4O4/c1-29-16-21(14-18-6-3-2-4-7-18)31-25(33)32-12-5-8-20(17-32)24(36-13-11-30-26(34)35)19-9-10-22(27)23(28)15-19/h9-10,15,18,20-21,24,29-30H,2-8,11-14,16-17H2,1H3,(H,31,33)(H,34,35). The van der Waals surface area contributed by atoms with E-state index in [1.807, 2.05) is 7.05 Å². The molecule has 10 heteroatoms. The highest BCUT2D eigenvalue weighted by Gasteiger charge is 2.32. The van der Waals surface area contributed by atoms with E-state index in [1.165, 1.54) is 38.2 Å². The number of piperidine rings is 1. The van der Waals surface area contributed by atoms with E-state index < -0.39 is 23.8 Å². The molecule has 0 spiro atoms. The Hall–Kier alpha value is -2.46. The van der Waals surface area contributed by atoms with E-state index in [2.05, 4.69) is 16.0 Å². The molecule has 1 heterocycles. The number of ether oxygens (including phenoxy) is 1. The van der Waals surface area contributed by atoms with Gasteiger partial charge in [0.2, 0.25) is 0 Å². The molecule has 0 radical (unpaired) electrons. The first kappa shape index (κ1) is 28.1. The van der Waals surface area contributed by atoms with Gasteiger partial charge in [0, 0.05) is 38.1 Å². The predicted molar refractivity (Wildman–Crippen MR) is 133 cm³/mol. The summed E-state index contributed by atoms with van der Waals surface area (Å²) in [6, 6.07) is 3.60.